The molecule has 0 radical (unpaired) electrons. The van der Waals surface area contributed by atoms with Gasteiger partial charge < -0.3 is 5.73 Å². The summed E-state index contributed by atoms with van der Waals surface area (Å²) in [5.74, 6) is 1.12. The molecule has 1 atom stereocenters. The van der Waals surface area contributed by atoms with E-state index in [4.69, 9.17) is 5.73 Å². The quantitative estimate of drug-likeness (QED) is 0.787. The van der Waals surface area contributed by atoms with E-state index in [2.05, 4.69) is 31.2 Å². The molecule has 74 valence electrons. The van der Waals surface area contributed by atoms with Crippen molar-refractivity contribution in [2.24, 2.45) is 5.73 Å². The molecule has 3 heteroatoms. The zero-order valence-electron chi connectivity index (χ0n) is 7.99. The van der Waals surface area contributed by atoms with Crippen LogP contribution >= 0.6 is 24.2 Å². The van der Waals surface area contributed by atoms with E-state index in [1.165, 1.54) is 10.5 Å². The van der Waals surface area contributed by atoms with Crippen LogP contribution in [0.4, 0.5) is 0 Å². The monoisotopic (exact) mass is 217 g/mol. The summed E-state index contributed by atoms with van der Waals surface area (Å²) < 4.78 is 0. The fourth-order valence-corrected chi connectivity index (χ4v) is 1.70. The second-order valence-electron chi connectivity index (χ2n) is 2.79. The van der Waals surface area contributed by atoms with Crippen molar-refractivity contribution in [2.45, 2.75) is 24.8 Å². The van der Waals surface area contributed by atoms with Crippen molar-refractivity contribution in [3.05, 3.63) is 29.8 Å². The van der Waals surface area contributed by atoms with E-state index in [0.717, 1.165) is 5.75 Å². The summed E-state index contributed by atoms with van der Waals surface area (Å²) in [4.78, 5) is 1.32. The molecule has 0 unspecified atom stereocenters. The van der Waals surface area contributed by atoms with E-state index in [9.17, 15) is 0 Å². The van der Waals surface area contributed by atoms with Gasteiger partial charge in [-0.2, -0.15) is 0 Å². The first-order valence-electron chi connectivity index (χ1n) is 4.22. The topological polar surface area (TPSA) is 26.0 Å². The van der Waals surface area contributed by atoms with Crippen molar-refractivity contribution >= 4 is 24.2 Å². The first kappa shape index (κ1) is 12.8. The standard InChI is InChI=1S/C10H15NS.ClH/c1-3-12-10-6-4-9(5-7-10)8(2)11;/h4-8H,3,11H2,1-2H3;1H/t8-;/m0./s1. The smallest absolute Gasteiger partial charge is 0.0266 e. The van der Waals surface area contributed by atoms with Gasteiger partial charge in [0.15, 0.2) is 0 Å². The molecule has 13 heavy (non-hydrogen) atoms. The highest BCUT2D eigenvalue weighted by Crippen LogP contribution is 2.19. The number of rotatable bonds is 3. The SMILES string of the molecule is CCSc1ccc([C@H](C)N)cc1.Cl. The molecule has 2 N–H and O–H groups in total. The Labute approximate surface area is 90.5 Å². The van der Waals surface area contributed by atoms with Gasteiger partial charge in [-0.3, -0.25) is 0 Å². The molecular formula is C10H16ClNS. The second-order valence-corrected chi connectivity index (χ2v) is 4.13. The zero-order chi connectivity index (χ0) is 8.97. The van der Waals surface area contributed by atoms with E-state index in [-0.39, 0.29) is 18.4 Å². The van der Waals surface area contributed by atoms with Gasteiger partial charge in [-0.25, -0.2) is 0 Å². The van der Waals surface area contributed by atoms with Gasteiger partial charge in [0.1, 0.15) is 0 Å². The third kappa shape index (κ3) is 4.03. The van der Waals surface area contributed by atoms with Crippen LogP contribution in [0.1, 0.15) is 25.5 Å². The largest absolute Gasteiger partial charge is 0.324 e. The highest BCUT2D eigenvalue weighted by molar-refractivity contribution is 7.99. The number of hydrogen-bond donors (Lipinski definition) is 1. The van der Waals surface area contributed by atoms with E-state index >= 15 is 0 Å². The lowest BCUT2D eigenvalue weighted by molar-refractivity contribution is 0.817. The van der Waals surface area contributed by atoms with E-state index in [1.54, 1.807) is 0 Å². The Kier molecular flexibility index (Phi) is 6.21. The summed E-state index contributed by atoms with van der Waals surface area (Å²) in [6.45, 7) is 4.16. The van der Waals surface area contributed by atoms with Crippen molar-refractivity contribution in [1.29, 1.82) is 0 Å². The molecule has 0 aromatic heterocycles. The van der Waals surface area contributed by atoms with E-state index < -0.39 is 0 Å². The van der Waals surface area contributed by atoms with Crippen molar-refractivity contribution in [2.75, 3.05) is 5.75 Å². The minimum Gasteiger partial charge on any atom is -0.324 e. The van der Waals surface area contributed by atoms with Crippen LogP contribution < -0.4 is 5.73 Å². The number of halogens is 1. The van der Waals surface area contributed by atoms with Gasteiger partial charge >= 0.3 is 0 Å². The Bertz CT molecular complexity index is 233. The molecule has 1 aromatic carbocycles. The average molecular weight is 218 g/mol. The maximum absolute atomic E-state index is 5.73. The number of thioether (sulfide) groups is 1. The van der Waals surface area contributed by atoms with Gasteiger partial charge in [-0.1, -0.05) is 19.1 Å². The zero-order valence-corrected chi connectivity index (χ0v) is 9.62. The van der Waals surface area contributed by atoms with Gasteiger partial charge in [-0.15, -0.1) is 24.2 Å². The van der Waals surface area contributed by atoms with Crippen LogP contribution in [0.2, 0.25) is 0 Å². The van der Waals surface area contributed by atoms with Crippen molar-refractivity contribution < 1.29 is 0 Å². The maximum Gasteiger partial charge on any atom is 0.0266 e. The predicted molar refractivity (Wildman–Crippen MR) is 62.7 cm³/mol. The Morgan fingerprint density at radius 2 is 1.85 bits per heavy atom. The summed E-state index contributed by atoms with van der Waals surface area (Å²) in [5.41, 5.74) is 6.94. The first-order valence-corrected chi connectivity index (χ1v) is 5.21. The fraction of sp³-hybridized carbons (Fsp3) is 0.400. The summed E-state index contributed by atoms with van der Waals surface area (Å²) >= 11 is 1.85. The van der Waals surface area contributed by atoms with Gasteiger partial charge in [0.25, 0.3) is 0 Å². The molecule has 1 aromatic rings. The number of hydrogen-bond acceptors (Lipinski definition) is 2. The maximum atomic E-state index is 5.73. The molecule has 0 aliphatic rings. The minimum atomic E-state index is 0. The molecule has 0 bridgehead atoms. The van der Waals surface area contributed by atoms with Gasteiger partial charge in [-0.05, 0) is 30.4 Å². The summed E-state index contributed by atoms with van der Waals surface area (Å²) in [7, 11) is 0. The van der Waals surface area contributed by atoms with Crippen molar-refractivity contribution in [3.8, 4) is 0 Å². The minimum absolute atomic E-state index is 0. The van der Waals surface area contributed by atoms with Gasteiger partial charge in [0, 0.05) is 10.9 Å². The third-order valence-electron chi connectivity index (χ3n) is 1.72. The number of benzene rings is 1. The van der Waals surface area contributed by atoms with E-state index in [1.807, 2.05) is 18.7 Å². The molecular weight excluding hydrogens is 202 g/mol. The Balaban J connectivity index is 0.00000144. The molecule has 0 heterocycles. The molecule has 1 nitrogen and oxygen atoms in total. The molecule has 0 fully saturated rings. The summed E-state index contributed by atoms with van der Waals surface area (Å²) in [5, 5.41) is 0. The normalized spacial score (nSPS) is 11.9. The molecule has 0 aliphatic carbocycles. The Morgan fingerprint density at radius 3 is 2.23 bits per heavy atom. The molecule has 0 spiro atoms. The van der Waals surface area contributed by atoms with Crippen molar-refractivity contribution in [1.82, 2.24) is 0 Å². The lowest BCUT2D eigenvalue weighted by Crippen LogP contribution is -2.04. The average Bonchev–Trinajstić information content (AvgIpc) is 2.06. The molecule has 1 rings (SSSR count). The van der Waals surface area contributed by atoms with Crippen molar-refractivity contribution in [3.63, 3.8) is 0 Å². The number of nitrogens with two attached hydrogens (primary N) is 1. The third-order valence-corrected chi connectivity index (χ3v) is 2.61. The fourth-order valence-electron chi connectivity index (χ4n) is 1.03. The van der Waals surface area contributed by atoms with Gasteiger partial charge in [0.2, 0.25) is 0 Å². The summed E-state index contributed by atoms with van der Waals surface area (Å²) in [6, 6.07) is 8.61. The summed E-state index contributed by atoms with van der Waals surface area (Å²) in [6.07, 6.45) is 0. The van der Waals surface area contributed by atoms with Gasteiger partial charge in [0.05, 0.1) is 0 Å². The van der Waals surface area contributed by atoms with Crippen LogP contribution in [-0.4, -0.2) is 5.75 Å². The predicted octanol–water partition coefficient (Wildman–Crippen LogP) is 3.24. The molecule has 0 aliphatic heterocycles. The first-order chi connectivity index (χ1) is 5.74. The molecule has 0 saturated heterocycles. The lowest BCUT2D eigenvalue weighted by Gasteiger charge is -2.05. The second kappa shape index (κ2) is 6.30. The lowest BCUT2D eigenvalue weighted by atomic mass is 10.1. The van der Waals surface area contributed by atoms with Crippen LogP contribution in [0.5, 0.6) is 0 Å². The van der Waals surface area contributed by atoms with Crippen LogP contribution in [0.3, 0.4) is 0 Å². The molecule has 0 amide bonds. The van der Waals surface area contributed by atoms with Crippen LogP contribution in [0.25, 0.3) is 0 Å². The highest BCUT2D eigenvalue weighted by Gasteiger charge is 1.97. The van der Waals surface area contributed by atoms with E-state index in [0.29, 0.717) is 0 Å². The van der Waals surface area contributed by atoms with Crippen LogP contribution in [0.15, 0.2) is 29.2 Å². The Morgan fingerprint density at radius 1 is 1.31 bits per heavy atom. The highest BCUT2D eigenvalue weighted by atomic mass is 35.5. The van der Waals surface area contributed by atoms with Crippen LogP contribution in [-0.2, 0) is 0 Å². The Hall–Kier alpha value is -0.180. The molecule has 0 saturated carbocycles. The van der Waals surface area contributed by atoms with Crippen LogP contribution in [0, 0.1) is 0 Å².